The van der Waals surface area contributed by atoms with Gasteiger partial charge in [-0.1, -0.05) is 50.2 Å². The van der Waals surface area contributed by atoms with Crippen LogP contribution >= 0.6 is 0 Å². The van der Waals surface area contributed by atoms with Crippen molar-refractivity contribution in [1.29, 1.82) is 0 Å². The van der Waals surface area contributed by atoms with Gasteiger partial charge in [0.15, 0.2) is 0 Å². The number of benzene rings is 2. The van der Waals surface area contributed by atoms with Crippen LogP contribution in [0, 0.1) is 0 Å². The summed E-state index contributed by atoms with van der Waals surface area (Å²) in [4.78, 5) is 26.3. The third-order valence-corrected chi connectivity index (χ3v) is 3.88. The lowest BCUT2D eigenvalue weighted by atomic mass is 9.94. The van der Waals surface area contributed by atoms with Crippen molar-refractivity contribution in [1.82, 2.24) is 4.90 Å². The molecule has 0 saturated heterocycles. The van der Waals surface area contributed by atoms with Gasteiger partial charge in [-0.05, 0) is 36.1 Å². The van der Waals surface area contributed by atoms with Gasteiger partial charge in [-0.25, -0.2) is 4.79 Å². The number of rotatable bonds is 7. The van der Waals surface area contributed by atoms with E-state index in [1.165, 1.54) is 0 Å². The number of hydrogen-bond acceptors (Lipinski definition) is 2. The van der Waals surface area contributed by atoms with Gasteiger partial charge < -0.3 is 10.0 Å². The van der Waals surface area contributed by atoms with Crippen molar-refractivity contribution in [3.05, 3.63) is 59.7 Å². The van der Waals surface area contributed by atoms with E-state index >= 15 is 0 Å². The number of nitrogens with zero attached hydrogens (tertiary/aromatic N) is 1. The van der Waals surface area contributed by atoms with Gasteiger partial charge in [-0.15, -0.1) is 0 Å². The third kappa shape index (κ3) is 3.82. The minimum absolute atomic E-state index is 0.0468. The van der Waals surface area contributed by atoms with E-state index in [-0.39, 0.29) is 11.5 Å². The second-order valence-corrected chi connectivity index (χ2v) is 5.69. The molecule has 24 heavy (non-hydrogen) atoms. The summed E-state index contributed by atoms with van der Waals surface area (Å²) in [5.74, 6) is -1.04. The Labute approximate surface area is 142 Å². The molecule has 0 aromatic heterocycles. The molecule has 0 aliphatic heterocycles. The number of aromatic carboxylic acids is 1. The molecule has 0 spiro atoms. The topological polar surface area (TPSA) is 57.6 Å². The van der Waals surface area contributed by atoms with E-state index in [4.69, 9.17) is 0 Å². The number of carboxylic acid groups (broad SMARTS) is 1. The maximum Gasteiger partial charge on any atom is 0.336 e. The van der Waals surface area contributed by atoms with Crippen LogP contribution in [0.15, 0.2) is 48.5 Å². The Hall–Kier alpha value is -2.62. The minimum Gasteiger partial charge on any atom is -0.478 e. The molecule has 1 amide bonds. The molecule has 0 saturated carbocycles. The molecule has 0 unspecified atom stereocenters. The maximum atomic E-state index is 13.0. The average molecular weight is 325 g/mol. The number of carbonyl (C=O) groups is 2. The van der Waals surface area contributed by atoms with Crippen LogP contribution in [0.3, 0.4) is 0 Å². The largest absolute Gasteiger partial charge is 0.478 e. The summed E-state index contributed by atoms with van der Waals surface area (Å²) in [6, 6.07) is 14.0. The second-order valence-electron chi connectivity index (χ2n) is 5.69. The van der Waals surface area contributed by atoms with Gasteiger partial charge in [0, 0.05) is 18.7 Å². The van der Waals surface area contributed by atoms with Crippen LogP contribution in [0.2, 0.25) is 0 Å². The van der Waals surface area contributed by atoms with Crippen LogP contribution in [0.5, 0.6) is 0 Å². The molecule has 2 aromatic carbocycles. The number of hydrogen-bond donors (Lipinski definition) is 1. The van der Waals surface area contributed by atoms with E-state index in [1.807, 2.05) is 36.9 Å². The summed E-state index contributed by atoms with van der Waals surface area (Å²) in [6.45, 7) is 5.48. The Morgan fingerprint density at radius 2 is 1.29 bits per heavy atom. The smallest absolute Gasteiger partial charge is 0.336 e. The fourth-order valence-electron chi connectivity index (χ4n) is 2.83. The zero-order valence-corrected chi connectivity index (χ0v) is 14.2. The first-order valence-corrected chi connectivity index (χ1v) is 8.31. The second kappa shape index (κ2) is 8.29. The summed E-state index contributed by atoms with van der Waals surface area (Å²) in [5.41, 5.74) is 1.99. The van der Waals surface area contributed by atoms with Crippen LogP contribution in [-0.2, 0) is 0 Å². The summed E-state index contributed by atoms with van der Waals surface area (Å²) in [5, 5.41) is 9.44. The Bertz CT molecular complexity index is 718. The highest BCUT2D eigenvalue weighted by Gasteiger charge is 2.20. The van der Waals surface area contributed by atoms with E-state index in [2.05, 4.69) is 0 Å². The van der Waals surface area contributed by atoms with Crippen molar-refractivity contribution in [2.45, 2.75) is 26.7 Å². The van der Waals surface area contributed by atoms with Crippen molar-refractivity contribution in [2.75, 3.05) is 13.1 Å². The lowest BCUT2D eigenvalue weighted by Gasteiger charge is -2.23. The first kappa shape index (κ1) is 17.7. The molecule has 0 heterocycles. The Balaban J connectivity index is 2.52. The average Bonchev–Trinajstić information content (AvgIpc) is 2.61. The van der Waals surface area contributed by atoms with E-state index in [1.54, 1.807) is 30.3 Å². The van der Waals surface area contributed by atoms with Gasteiger partial charge in [-0.2, -0.15) is 0 Å². The monoisotopic (exact) mass is 325 g/mol. The maximum absolute atomic E-state index is 13.0. The fraction of sp³-hybridized carbons (Fsp3) is 0.300. The van der Waals surface area contributed by atoms with Gasteiger partial charge in [0.05, 0.1) is 5.56 Å². The molecule has 2 rings (SSSR count). The van der Waals surface area contributed by atoms with Gasteiger partial charge in [0.2, 0.25) is 0 Å². The molecule has 0 fully saturated rings. The van der Waals surface area contributed by atoms with Crippen molar-refractivity contribution >= 4 is 11.9 Å². The van der Waals surface area contributed by atoms with E-state index < -0.39 is 5.97 Å². The zero-order chi connectivity index (χ0) is 17.5. The third-order valence-electron chi connectivity index (χ3n) is 3.88. The van der Waals surface area contributed by atoms with Gasteiger partial charge in [0.1, 0.15) is 0 Å². The van der Waals surface area contributed by atoms with Gasteiger partial charge in [0.25, 0.3) is 5.91 Å². The number of carboxylic acids is 1. The van der Waals surface area contributed by atoms with E-state index in [0.717, 1.165) is 12.8 Å². The summed E-state index contributed by atoms with van der Waals surface area (Å²) in [7, 11) is 0. The standard InChI is InChI=1S/C20H23NO3/c1-3-13-21(14-4-2)19(22)17-11-7-5-9-15(17)16-10-6-8-12-18(16)20(23)24/h5-12H,3-4,13-14H2,1-2H3,(H,23,24). The SMILES string of the molecule is CCCN(CCC)C(=O)c1ccccc1-c1ccccc1C(=O)O. The molecule has 0 radical (unpaired) electrons. The van der Waals surface area contributed by atoms with E-state index in [0.29, 0.717) is 29.8 Å². The summed E-state index contributed by atoms with van der Waals surface area (Å²) >= 11 is 0. The Morgan fingerprint density at radius 1 is 0.833 bits per heavy atom. The zero-order valence-electron chi connectivity index (χ0n) is 14.2. The van der Waals surface area contributed by atoms with Gasteiger partial charge in [-0.3, -0.25) is 4.79 Å². The molecule has 126 valence electrons. The van der Waals surface area contributed by atoms with Crippen LogP contribution in [0.1, 0.15) is 47.4 Å². The summed E-state index contributed by atoms with van der Waals surface area (Å²) < 4.78 is 0. The van der Waals surface area contributed by atoms with Crippen LogP contribution < -0.4 is 0 Å². The van der Waals surface area contributed by atoms with Crippen molar-refractivity contribution in [2.24, 2.45) is 0 Å². The molecule has 4 heteroatoms. The molecule has 4 nitrogen and oxygen atoms in total. The van der Waals surface area contributed by atoms with Crippen molar-refractivity contribution in [3.8, 4) is 11.1 Å². The van der Waals surface area contributed by atoms with Crippen LogP contribution in [-0.4, -0.2) is 35.0 Å². The molecule has 0 bridgehead atoms. The molecule has 1 N–H and O–H groups in total. The molecular weight excluding hydrogens is 302 g/mol. The molecule has 2 aromatic rings. The Morgan fingerprint density at radius 3 is 1.79 bits per heavy atom. The first-order valence-electron chi connectivity index (χ1n) is 8.31. The number of carbonyl (C=O) groups excluding carboxylic acids is 1. The minimum atomic E-state index is -0.994. The normalized spacial score (nSPS) is 10.4. The van der Waals surface area contributed by atoms with E-state index in [9.17, 15) is 14.7 Å². The summed E-state index contributed by atoms with van der Waals surface area (Å²) in [6.07, 6.45) is 1.78. The number of amides is 1. The quantitative estimate of drug-likeness (QED) is 0.825. The predicted octanol–water partition coefficient (Wildman–Crippen LogP) is 4.31. The highest BCUT2D eigenvalue weighted by molar-refractivity contribution is 6.04. The Kier molecular flexibility index (Phi) is 6.13. The molecule has 0 aliphatic rings. The predicted molar refractivity (Wildman–Crippen MR) is 95.3 cm³/mol. The highest BCUT2D eigenvalue weighted by Crippen LogP contribution is 2.28. The molecule has 0 aliphatic carbocycles. The highest BCUT2D eigenvalue weighted by atomic mass is 16.4. The molecule has 0 atom stereocenters. The van der Waals surface area contributed by atoms with Crippen LogP contribution in [0.4, 0.5) is 0 Å². The van der Waals surface area contributed by atoms with Crippen molar-refractivity contribution < 1.29 is 14.7 Å². The lowest BCUT2D eigenvalue weighted by Crippen LogP contribution is -2.32. The molecular formula is C20H23NO3. The van der Waals surface area contributed by atoms with Gasteiger partial charge >= 0.3 is 5.97 Å². The van der Waals surface area contributed by atoms with Crippen molar-refractivity contribution in [3.63, 3.8) is 0 Å². The first-order chi connectivity index (χ1) is 11.6. The van der Waals surface area contributed by atoms with Crippen LogP contribution in [0.25, 0.3) is 11.1 Å². The fourth-order valence-corrected chi connectivity index (χ4v) is 2.83. The lowest BCUT2D eigenvalue weighted by molar-refractivity contribution is 0.0695.